The molecule has 2 heterocycles. The van der Waals surface area contributed by atoms with Gasteiger partial charge in [-0.05, 0) is 51.1 Å². The molecule has 1 unspecified atom stereocenters. The Labute approximate surface area is 212 Å². The number of aliphatic hydroxyl groups is 1. The molecule has 4 rings (SSSR count). The van der Waals surface area contributed by atoms with E-state index in [0.29, 0.717) is 10.5 Å². The molecule has 2 aliphatic heterocycles. The normalized spacial score (nSPS) is 26.7. The minimum Gasteiger partial charge on any atom is -0.459 e. The second-order valence-corrected chi connectivity index (χ2v) is 9.39. The summed E-state index contributed by atoms with van der Waals surface area (Å²) < 4.78 is 45.8. The van der Waals surface area contributed by atoms with Crippen molar-refractivity contribution in [1.82, 2.24) is 4.90 Å². The van der Waals surface area contributed by atoms with Gasteiger partial charge in [0.2, 0.25) is 0 Å². The summed E-state index contributed by atoms with van der Waals surface area (Å²) in [5, 5.41) is 9.92. The lowest BCUT2D eigenvalue weighted by atomic mass is 9.93. The lowest BCUT2D eigenvalue weighted by Gasteiger charge is -2.38. The minimum absolute atomic E-state index is 0.154. The molecule has 37 heavy (non-hydrogen) atoms. The molecule has 2 aliphatic rings. The van der Waals surface area contributed by atoms with Crippen LogP contribution >= 0.6 is 0 Å². The lowest BCUT2D eigenvalue weighted by molar-refractivity contribution is -0.197. The van der Waals surface area contributed by atoms with Crippen molar-refractivity contribution in [1.29, 1.82) is 0 Å². The van der Waals surface area contributed by atoms with E-state index in [-0.39, 0.29) is 18.6 Å². The second-order valence-electron chi connectivity index (χ2n) is 9.39. The predicted octanol–water partition coefficient (Wildman–Crippen LogP) is 3.54. The zero-order valence-electron chi connectivity index (χ0n) is 20.5. The second kappa shape index (κ2) is 10.0. The Bertz CT molecular complexity index is 1210. The van der Waals surface area contributed by atoms with Crippen molar-refractivity contribution < 1.29 is 42.5 Å². The van der Waals surface area contributed by atoms with Crippen molar-refractivity contribution in [3.05, 3.63) is 83.1 Å². The van der Waals surface area contributed by atoms with E-state index in [1.54, 1.807) is 48.5 Å². The van der Waals surface area contributed by atoms with Gasteiger partial charge < -0.3 is 19.3 Å². The minimum atomic E-state index is -4.10. The third kappa shape index (κ3) is 5.40. The number of rotatable bonds is 6. The summed E-state index contributed by atoms with van der Waals surface area (Å²) in [6, 6.07) is 13.3. The van der Waals surface area contributed by atoms with Gasteiger partial charge in [-0.2, -0.15) is 8.78 Å². The van der Waals surface area contributed by atoms with Crippen molar-refractivity contribution in [2.24, 2.45) is 0 Å². The topological polar surface area (TPSA) is 102 Å². The Morgan fingerprint density at radius 3 is 2.14 bits per heavy atom. The average molecular weight is 516 g/mol. The lowest BCUT2D eigenvalue weighted by Crippen LogP contribution is -2.59. The van der Waals surface area contributed by atoms with Crippen LogP contribution < -0.4 is 0 Å². The van der Waals surface area contributed by atoms with E-state index >= 15 is 0 Å². The molecule has 1 amide bonds. The fourth-order valence-electron chi connectivity index (χ4n) is 3.97. The summed E-state index contributed by atoms with van der Waals surface area (Å²) in [5.74, 6) is -7.09. The number of carbonyl (C=O) groups excluding carboxylic acids is 3. The Kier molecular flexibility index (Phi) is 7.16. The number of hydrogen-bond acceptors (Lipinski definition) is 7. The van der Waals surface area contributed by atoms with Gasteiger partial charge in [0.05, 0.1) is 11.1 Å². The molecule has 2 aromatic carbocycles. The van der Waals surface area contributed by atoms with Crippen LogP contribution in [-0.4, -0.2) is 64.4 Å². The quantitative estimate of drug-likeness (QED) is 0.587. The molecule has 8 nitrogen and oxygen atoms in total. The molecule has 196 valence electrons. The standard InChI is InChI=1S/C27H27F2NO7/c1-16-4-8-18(9-5-16)23(31)35-15-21-20(37-24(32)19-10-6-17(2)7-11-19)14-22(36-21)30-13-12-26(3,34)27(28,29)25(30)33/h4-13,20-22,34H,14-15H2,1-3H3/t20-,21+,22+,26?/m0/s1. The van der Waals surface area contributed by atoms with E-state index in [2.05, 4.69) is 0 Å². The van der Waals surface area contributed by atoms with Gasteiger partial charge in [0, 0.05) is 12.6 Å². The Hall–Kier alpha value is -3.63. The van der Waals surface area contributed by atoms with Gasteiger partial charge in [-0.3, -0.25) is 9.69 Å². The van der Waals surface area contributed by atoms with E-state index in [1.807, 2.05) is 13.8 Å². The molecule has 1 N–H and O–H groups in total. The van der Waals surface area contributed by atoms with Gasteiger partial charge in [-0.1, -0.05) is 35.4 Å². The first-order valence-electron chi connectivity index (χ1n) is 11.7. The highest BCUT2D eigenvalue weighted by Gasteiger charge is 2.60. The van der Waals surface area contributed by atoms with Crippen molar-refractivity contribution in [3.8, 4) is 0 Å². The third-order valence-electron chi connectivity index (χ3n) is 6.40. The van der Waals surface area contributed by atoms with Gasteiger partial charge in [0.15, 0.2) is 5.60 Å². The molecule has 0 aliphatic carbocycles. The van der Waals surface area contributed by atoms with Crippen LogP contribution in [0.15, 0.2) is 60.8 Å². The Morgan fingerprint density at radius 1 is 1.03 bits per heavy atom. The first-order chi connectivity index (χ1) is 17.4. The molecule has 0 aromatic heterocycles. The molecule has 1 fully saturated rings. The summed E-state index contributed by atoms with van der Waals surface area (Å²) in [5.41, 5.74) is -0.213. The number of alkyl halides is 2. The number of esters is 2. The summed E-state index contributed by atoms with van der Waals surface area (Å²) in [6.45, 7) is 4.20. The van der Waals surface area contributed by atoms with Crippen LogP contribution in [0.2, 0.25) is 0 Å². The fraction of sp³-hybridized carbons (Fsp3) is 0.370. The number of benzene rings is 2. The molecule has 10 heteroatoms. The fourth-order valence-corrected chi connectivity index (χ4v) is 3.97. The zero-order chi connectivity index (χ0) is 27.0. The number of aryl methyl sites for hydroxylation is 2. The first kappa shape index (κ1) is 26.4. The zero-order valence-corrected chi connectivity index (χ0v) is 20.5. The molecule has 0 radical (unpaired) electrons. The average Bonchev–Trinajstić information content (AvgIpc) is 3.24. The van der Waals surface area contributed by atoms with Gasteiger partial charge in [-0.15, -0.1) is 0 Å². The smallest absolute Gasteiger partial charge is 0.356 e. The summed E-state index contributed by atoms with van der Waals surface area (Å²) in [7, 11) is 0. The highest BCUT2D eigenvalue weighted by molar-refractivity contribution is 5.90. The number of halogens is 2. The molecule has 0 bridgehead atoms. The van der Waals surface area contributed by atoms with Crippen molar-refractivity contribution in [2.75, 3.05) is 6.61 Å². The molecule has 1 saturated heterocycles. The maximum atomic E-state index is 14.5. The van der Waals surface area contributed by atoms with E-state index in [9.17, 15) is 28.3 Å². The van der Waals surface area contributed by atoms with Crippen molar-refractivity contribution in [3.63, 3.8) is 0 Å². The van der Waals surface area contributed by atoms with E-state index in [1.165, 1.54) is 0 Å². The highest BCUT2D eigenvalue weighted by atomic mass is 19.3. The highest BCUT2D eigenvalue weighted by Crippen LogP contribution is 2.38. The molecule has 0 saturated carbocycles. The van der Waals surface area contributed by atoms with Crippen LogP contribution in [0.5, 0.6) is 0 Å². The van der Waals surface area contributed by atoms with E-state index < -0.39 is 47.8 Å². The maximum absolute atomic E-state index is 14.5. The van der Waals surface area contributed by atoms with Crippen LogP contribution in [0.25, 0.3) is 0 Å². The number of ether oxygens (including phenoxy) is 3. The summed E-state index contributed by atoms with van der Waals surface area (Å²) in [4.78, 5) is 38.4. The third-order valence-corrected chi connectivity index (χ3v) is 6.40. The van der Waals surface area contributed by atoms with Crippen LogP contribution in [-0.2, 0) is 19.0 Å². The van der Waals surface area contributed by atoms with E-state index in [4.69, 9.17) is 14.2 Å². The van der Waals surface area contributed by atoms with Crippen LogP contribution in [0, 0.1) is 13.8 Å². The van der Waals surface area contributed by atoms with Crippen molar-refractivity contribution >= 4 is 17.8 Å². The number of nitrogens with zero attached hydrogens (tertiary/aromatic N) is 1. The monoisotopic (exact) mass is 515 g/mol. The van der Waals surface area contributed by atoms with Gasteiger partial charge in [0.25, 0.3) is 0 Å². The van der Waals surface area contributed by atoms with Crippen LogP contribution in [0.4, 0.5) is 8.78 Å². The molecular weight excluding hydrogens is 488 g/mol. The predicted molar refractivity (Wildman–Crippen MR) is 127 cm³/mol. The largest absolute Gasteiger partial charge is 0.459 e. The van der Waals surface area contributed by atoms with Crippen molar-refractivity contribution in [2.45, 2.75) is 57.2 Å². The molecule has 0 spiro atoms. The molecule has 2 aromatic rings. The maximum Gasteiger partial charge on any atom is 0.356 e. The van der Waals surface area contributed by atoms with Crippen LogP contribution in [0.1, 0.15) is 45.2 Å². The van der Waals surface area contributed by atoms with Gasteiger partial charge in [0.1, 0.15) is 25.0 Å². The Morgan fingerprint density at radius 2 is 1.57 bits per heavy atom. The van der Waals surface area contributed by atoms with Gasteiger partial charge >= 0.3 is 23.8 Å². The number of amides is 1. The Balaban J connectivity index is 1.52. The molecular formula is C27H27F2NO7. The van der Waals surface area contributed by atoms with E-state index in [0.717, 1.165) is 30.3 Å². The van der Waals surface area contributed by atoms with Gasteiger partial charge in [-0.25, -0.2) is 9.59 Å². The molecule has 4 atom stereocenters. The number of hydrogen-bond donors (Lipinski definition) is 1. The number of carbonyl (C=O) groups is 3. The SMILES string of the molecule is Cc1ccc(C(=O)OC[C@H]2O[C@@H](N3C=CC(C)(O)C(F)(F)C3=O)C[C@@H]2OC(=O)c2ccc(C)cc2)cc1. The van der Waals surface area contributed by atoms with Crippen LogP contribution in [0.3, 0.4) is 0 Å². The summed E-state index contributed by atoms with van der Waals surface area (Å²) in [6.07, 6.45) is -1.63. The first-order valence-corrected chi connectivity index (χ1v) is 11.7. The summed E-state index contributed by atoms with van der Waals surface area (Å²) >= 11 is 0.